The Morgan fingerprint density at radius 3 is 2.43 bits per heavy atom. The molecule has 35 heavy (non-hydrogen) atoms. The molecule has 1 aliphatic rings. The lowest BCUT2D eigenvalue weighted by molar-refractivity contribution is -0.132. The van der Waals surface area contributed by atoms with E-state index in [1.807, 2.05) is 13.8 Å². The van der Waals surface area contributed by atoms with Gasteiger partial charge in [-0.1, -0.05) is 26.0 Å². The van der Waals surface area contributed by atoms with Crippen LogP contribution in [0.25, 0.3) is 5.76 Å². The number of ether oxygens (including phenoxy) is 2. The van der Waals surface area contributed by atoms with Gasteiger partial charge in [-0.05, 0) is 54.4 Å². The van der Waals surface area contributed by atoms with Crippen LogP contribution >= 0.6 is 0 Å². The van der Waals surface area contributed by atoms with Crippen LogP contribution in [0.1, 0.15) is 41.6 Å². The molecule has 0 bridgehead atoms. The van der Waals surface area contributed by atoms with E-state index in [1.54, 1.807) is 36.4 Å². The van der Waals surface area contributed by atoms with Crippen molar-refractivity contribution in [2.75, 3.05) is 18.6 Å². The highest BCUT2D eigenvalue weighted by atomic mass is 16.5. The fourth-order valence-corrected chi connectivity index (χ4v) is 3.84. The number of esters is 1. The number of nitrogens with zero attached hydrogens (tertiary/aromatic N) is 1. The van der Waals surface area contributed by atoms with E-state index in [-0.39, 0.29) is 11.3 Å². The summed E-state index contributed by atoms with van der Waals surface area (Å²) >= 11 is 0. The second-order valence-electron chi connectivity index (χ2n) is 8.46. The summed E-state index contributed by atoms with van der Waals surface area (Å²) < 4.78 is 16.0. The Morgan fingerprint density at radius 2 is 1.80 bits per heavy atom. The molecular formula is C27H25NO7. The van der Waals surface area contributed by atoms with E-state index in [2.05, 4.69) is 0 Å². The van der Waals surface area contributed by atoms with Crippen molar-refractivity contribution in [3.63, 3.8) is 0 Å². The van der Waals surface area contributed by atoms with Gasteiger partial charge in [0.1, 0.15) is 23.3 Å². The van der Waals surface area contributed by atoms with Gasteiger partial charge in [0, 0.05) is 11.3 Å². The number of hydrogen-bond donors (Lipinski definition) is 1. The molecule has 1 unspecified atom stereocenters. The zero-order valence-electron chi connectivity index (χ0n) is 19.6. The smallest absolute Gasteiger partial charge is 0.337 e. The van der Waals surface area contributed by atoms with Crippen LogP contribution in [-0.2, 0) is 14.3 Å². The molecule has 8 nitrogen and oxygen atoms in total. The summed E-state index contributed by atoms with van der Waals surface area (Å²) in [6.45, 7) is 4.53. The lowest BCUT2D eigenvalue weighted by Gasteiger charge is -2.23. The monoisotopic (exact) mass is 475 g/mol. The van der Waals surface area contributed by atoms with Crippen LogP contribution in [0.15, 0.2) is 76.9 Å². The second-order valence-corrected chi connectivity index (χ2v) is 8.46. The van der Waals surface area contributed by atoms with E-state index in [0.29, 0.717) is 40.8 Å². The summed E-state index contributed by atoms with van der Waals surface area (Å²) in [5, 5.41) is 11.2. The molecule has 2 aromatic carbocycles. The minimum Gasteiger partial charge on any atom is -0.507 e. The first kappa shape index (κ1) is 23.8. The first-order chi connectivity index (χ1) is 16.8. The molecule has 0 radical (unpaired) electrons. The van der Waals surface area contributed by atoms with Crippen molar-refractivity contribution in [3.8, 4) is 5.75 Å². The number of methoxy groups -OCH3 is 1. The minimum atomic E-state index is -1.01. The molecule has 1 saturated heterocycles. The number of aliphatic hydroxyl groups excluding tert-OH is 1. The molecule has 1 fully saturated rings. The third kappa shape index (κ3) is 4.68. The second kappa shape index (κ2) is 9.89. The van der Waals surface area contributed by atoms with E-state index >= 15 is 0 Å². The van der Waals surface area contributed by atoms with Crippen molar-refractivity contribution in [2.24, 2.45) is 5.92 Å². The molecule has 1 N–H and O–H groups in total. The number of carbonyl (C=O) groups is 3. The van der Waals surface area contributed by atoms with Crippen LogP contribution in [0, 0.1) is 5.92 Å². The van der Waals surface area contributed by atoms with Gasteiger partial charge >= 0.3 is 5.97 Å². The fourth-order valence-electron chi connectivity index (χ4n) is 3.84. The molecule has 0 aliphatic carbocycles. The van der Waals surface area contributed by atoms with Gasteiger partial charge in [0.05, 0.1) is 31.1 Å². The molecule has 0 saturated carbocycles. The average molecular weight is 475 g/mol. The highest BCUT2D eigenvalue weighted by Crippen LogP contribution is 2.42. The Balaban J connectivity index is 1.79. The first-order valence-electron chi connectivity index (χ1n) is 11.1. The highest BCUT2D eigenvalue weighted by molar-refractivity contribution is 6.51. The molecule has 1 amide bonds. The van der Waals surface area contributed by atoms with Crippen molar-refractivity contribution in [2.45, 2.75) is 19.9 Å². The van der Waals surface area contributed by atoms with Crippen LogP contribution in [0.3, 0.4) is 0 Å². The fraction of sp³-hybridized carbons (Fsp3) is 0.222. The summed E-state index contributed by atoms with van der Waals surface area (Å²) in [5.41, 5.74) is 0.875. The Bertz CT molecular complexity index is 1270. The molecule has 1 aromatic heterocycles. The van der Waals surface area contributed by atoms with Crippen LogP contribution in [0.4, 0.5) is 5.69 Å². The number of anilines is 1. The van der Waals surface area contributed by atoms with E-state index in [1.165, 1.54) is 42.5 Å². The van der Waals surface area contributed by atoms with Crippen molar-refractivity contribution in [1.82, 2.24) is 0 Å². The number of furan rings is 1. The van der Waals surface area contributed by atoms with Crippen molar-refractivity contribution < 1.29 is 33.4 Å². The normalized spacial score (nSPS) is 17.1. The first-order valence-corrected chi connectivity index (χ1v) is 11.1. The number of rotatable bonds is 7. The topological polar surface area (TPSA) is 106 Å². The largest absolute Gasteiger partial charge is 0.507 e. The van der Waals surface area contributed by atoms with Crippen LogP contribution in [-0.4, -0.2) is 36.5 Å². The van der Waals surface area contributed by atoms with Crippen LogP contribution in [0.2, 0.25) is 0 Å². The predicted molar refractivity (Wildman–Crippen MR) is 128 cm³/mol. The summed E-state index contributed by atoms with van der Waals surface area (Å²) in [7, 11) is 1.27. The third-order valence-electron chi connectivity index (χ3n) is 5.51. The lowest BCUT2D eigenvalue weighted by Crippen LogP contribution is -2.29. The summed E-state index contributed by atoms with van der Waals surface area (Å²) in [5.74, 6) is -1.41. The quantitative estimate of drug-likeness (QED) is 0.228. The van der Waals surface area contributed by atoms with Gasteiger partial charge in [0.25, 0.3) is 11.7 Å². The molecule has 1 atom stereocenters. The maximum atomic E-state index is 13.2. The number of benzene rings is 2. The number of amides is 1. The molecule has 180 valence electrons. The summed E-state index contributed by atoms with van der Waals surface area (Å²) in [4.78, 5) is 39.4. The third-order valence-corrected chi connectivity index (χ3v) is 5.51. The number of aliphatic hydroxyl groups is 1. The lowest BCUT2D eigenvalue weighted by atomic mass is 9.99. The Morgan fingerprint density at radius 1 is 1.06 bits per heavy atom. The molecule has 0 spiro atoms. The molecule has 1 aliphatic heterocycles. The van der Waals surface area contributed by atoms with Gasteiger partial charge in [-0.3, -0.25) is 14.5 Å². The minimum absolute atomic E-state index is 0.108. The highest BCUT2D eigenvalue weighted by Gasteiger charge is 2.48. The Kier molecular flexibility index (Phi) is 6.73. The molecule has 8 heteroatoms. The molecule has 3 aromatic rings. The molecular weight excluding hydrogens is 450 g/mol. The average Bonchev–Trinajstić information content (AvgIpc) is 3.49. The zero-order chi connectivity index (χ0) is 25.1. The van der Waals surface area contributed by atoms with E-state index in [9.17, 15) is 19.5 Å². The van der Waals surface area contributed by atoms with Crippen molar-refractivity contribution in [3.05, 3.63) is 89.4 Å². The number of carbonyl (C=O) groups excluding carboxylic acids is 3. The van der Waals surface area contributed by atoms with Gasteiger partial charge in [0.2, 0.25) is 0 Å². The SMILES string of the molecule is COC(=O)c1ccc(N2C(=O)C(=O)/C(=C(\O)c3cccc(OCC(C)C)c3)C2c2ccco2)cc1. The number of hydrogen-bond acceptors (Lipinski definition) is 7. The van der Waals surface area contributed by atoms with Gasteiger partial charge < -0.3 is 19.0 Å². The number of ketones is 1. The maximum Gasteiger partial charge on any atom is 0.337 e. The van der Waals surface area contributed by atoms with Crippen molar-refractivity contribution >= 4 is 29.1 Å². The van der Waals surface area contributed by atoms with E-state index in [0.717, 1.165) is 0 Å². The van der Waals surface area contributed by atoms with E-state index < -0.39 is 23.7 Å². The molecule has 2 heterocycles. The Labute approximate surface area is 202 Å². The summed E-state index contributed by atoms with van der Waals surface area (Å²) in [6, 6.07) is 15.0. The van der Waals surface area contributed by atoms with E-state index in [4.69, 9.17) is 13.9 Å². The predicted octanol–water partition coefficient (Wildman–Crippen LogP) is 4.73. The van der Waals surface area contributed by atoms with Gasteiger partial charge in [-0.25, -0.2) is 4.79 Å². The van der Waals surface area contributed by atoms with Gasteiger partial charge in [0.15, 0.2) is 0 Å². The van der Waals surface area contributed by atoms with Gasteiger partial charge in [-0.2, -0.15) is 0 Å². The Hall–Kier alpha value is -4.33. The van der Waals surface area contributed by atoms with Crippen LogP contribution in [0.5, 0.6) is 5.75 Å². The zero-order valence-corrected chi connectivity index (χ0v) is 19.6. The standard InChI is InChI=1S/C27H25NO7/c1-16(2)15-35-20-7-4-6-18(14-20)24(29)22-23(21-8-5-13-34-21)28(26(31)25(22)30)19-11-9-17(10-12-19)27(32)33-3/h4-14,16,23,29H,15H2,1-3H3/b24-22-. The van der Waals surface area contributed by atoms with Gasteiger partial charge in [-0.15, -0.1) is 0 Å². The molecule has 4 rings (SSSR count). The maximum absolute atomic E-state index is 13.2. The number of Topliss-reactive ketones (excluding diaryl/α,β-unsaturated/α-hetero) is 1. The summed E-state index contributed by atoms with van der Waals surface area (Å²) in [6.07, 6.45) is 1.43. The van der Waals surface area contributed by atoms with Crippen LogP contribution < -0.4 is 9.64 Å². The van der Waals surface area contributed by atoms with Crippen molar-refractivity contribution in [1.29, 1.82) is 0 Å².